The molecule has 8 rings (SSSR count). The molecule has 2 aromatic heterocycles. The number of fused-ring (bicyclic) bond motifs is 1. The average Bonchev–Trinajstić information content (AvgIpc) is 4.05. The lowest BCUT2D eigenvalue weighted by Crippen LogP contribution is -2.61. The van der Waals surface area contributed by atoms with Crippen molar-refractivity contribution in [1.82, 2.24) is 34.3 Å². The monoisotopic (exact) mass is 955 g/mol. The van der Waals surface area contributed by atoms with E-state index in [1.807, 2.05) is 40.6 Å². The van der Waals surface area contributed by atoms with Crippen LogP contribution in [0.2, 0.25) is 0 Å². The highest BCUT2D eigenvalue weighted by Gasteiger charge is 2.47. The molecule has 0 bridgehead atoms. The number of aromatic nitrogens is 2. The summed E-state index contributed by atoms with van der Waals surface area (Å²) in [6.07, 6.45) is 7.44. The maximum Gasteiger partial charge on any atom is 0.262 e. The smallest absolute Gasteiger partial charge is 0.262 e. The van der Waals surface area contributed by atoms with Gasteiger partial charge in [-0.05, 0) is 82.4 Å². The Balaban J connectivity index is 0.721. The van der Waals surface area contributed by atoms with Gasteiger partial charge in [-0.15, -0.1) is 11.3 Å². The van der Waals surface area contributed by atoms with Gasteiger partial charge in [0.1, 0.15) is 12.1 Å². The summed E-state index contributed by atoms with van der Waals surface area (Å²) in [5.41, 5.74) is 2.98. The van der Waals surface area contributed by atoms with Crippen molar-refractivity contribution in [3.8, 4) is 11.3 Å². The van der Waals surface area contributed by atoms with E-state index in [1.54, 1.807) is 18.2 Å². The van der Waals surface area contributed by atoms with Crippen molar-refractivity contribution < 1.29 is 46.7 Å². The maximum atomic E-state index is 13.5. The van der Waals surface area contributed by atoms with Crippen molar-refractivity contribution in [3.05, 3.63) is 89.1 Å². The van der Waals surface area contributed by atoms with E-state index in [-0.39, 0.29) is 60.5 Å². The first kappa shape index (κ1) is 47.2. The van der Waals surface area contributed by atoms with Crippen molar-refractivity contribution >= 4 is 73.5 Å². The third-order valence-electron chi connectivity index (χ3n) is 12.7. The van der Waals surface area contributed by atoms with Gasteiger partial charge in [-0.2, -0.15) is 0 Å². The topological polar surface area (TPSA) is 239 Å². The van der Waals surface area contributed by atoms with Crippen molar-refractivity contribution in [1.29, 1.82) is 0 Å². The molecule has 4 aliphatic rings. The van der Waals surface area contributed by atoms with E-state index in [1.165, 1.54) is 29.8 Å². The van der Waals surface area contributed by atoms with Gasteiger partial charge >= 0.3 is 0 Å². The Hall–Kier alpha value is -6.29. The zero-order chi connectivity index (χ0) is 47.3. The van der Waals surface area contributed by atoms with Crippen molar-refractivity contribution in [2.24, 2.45) is 5.41 Å². The first-order valence-electron chi connectivity index (χ1n) is 22.3. The molecule has 1 unspecified atom stereocenters. The number of hydrogen-bond donors (Lipinski definition) is 4. The highest BCUT2D eigenvalue weighted by atomic mass is 32.2. The fraction of sp³-hybridized carbons (Fsp3) is 0.435. The van der Waals surface area contributed by atoms with Crippen molar-refractivity contribution in [2.75, 3.05) is 69.4 Å². The highest BCUT2D eigenvalue weighted by Crippen LogP contribution is 2.41. The minimum absolute atomic E-state index is 0.0661. The number of ether oxygens (including phenoxy) is 1. The van der Waals surface area contributed by atoms with Gasteiger partial charge in [-0.1, -0.05) is 30.3 Å². The van der Waals surface area contributed by atoms with E-state index >= 15 is 0 Å². The lowest BCUT2D eigenvalue weighted by atomic mass is 9.72. The molecule has 7 amide bonds. The Labute approximate surface area is 391 Å². The standard InChI is InChI=1S/C46H53N9O10S2/c1-67(63,64)54-20-14-31(26-54)40(58)48-35(41(59)51-45-49-36(27-66-45)30-7-3-2-4-8-30)15-24-65-23-5-9-39(57)53-28-46(29-53)16-21-52(22-17-46)19-6-18-47-32-10-11-33-34(25-32)44(62)55(43(33)61)37-12-13-38(56)50-42(37)60/h2-4,7-8,10-11,14,20,25-27,35,37,47H,5-6,9,12-13,15-19,21-24,28-29H2,1H3,(H,48,58)(H,49,51,59)(H,50,56,60)/t35-,37?/m0/s1. The van der Waals surface area contributed by atoms with E-state index in [4.69, 9.17) is 4.74 Å². The molecule has 4 aliphatic heterocycles. The number of imide groups is 2. The van der Waals surface area contributed by atoms with Crippen LogP contribution < -0.4 is 21.3 Å². The molecule has 2 aromatic carbocycles. The van der Waals surface area contributed by atoms with E-state index in [9.17, 15) is 42.0 Å². The van der Waals surface area contributed by atoms with Crippen LogP contribution in [0.3, 0.4) is 0 Å². The Kier molecular flexibility index (Phi) is 14.3. The Bertz CT molecular complexity index is 2650. The summed E-state index contributed by atoms with van der Waals surface area (Å²) in [6, 6.07) is 13.8. The molecule has 2 atom stereocenters. The third-order valence-corrected chi connectivity index (χ3v) is 14.5. The van der Waals surface area contributed by atoms with Gasteiger partial charge in [0.05, 0.1) is 28.6 Å². The fourth-order valence-electron chi connectivity index (χ4n) is 8.90. The van der Waals surface area contributed by atoms with Gasteiger partial charge in [0.25, 0.3) is 17.7 Å². The molecule has 3 fully saturated rings. The molecule has 0 radical (unpaired) electrons. The molecule has 4 N–H and O–H groups in total. The van der Waals surface area contributed by atoms with E-state index in [0.29, 0.717) is 35.9 Å². The zero-order valence-corrected chi connectivity index (χ0v) is 38.7. The number of hydrogen-bond acceptors (Lipinski definition) is 14. The van der Waals surface area contributed by atoms with E-state index in [0.717, 1.165) is 72.7 Å². The lowest BCUT2D eigenvalue weighted by Gasteiger charge is -2.54. The largest absolute Gasteiger partial charge is 0.385 e. The average molecular weight is 956 g/mol. The van der Waals surface area contributed by atoms with Gasteiger partial charge in [0, 0.05) is 80.1 Å². The number of nitrogens with zero attached hydrogens (tertiary/aromatic N) is 5. The van der Waals surface area contributed by atoms with Crippen LogP contribution in [-0.2, 0) is 33.9 Å². The first-order chi connectivity index (χ1) is 32.2. The second kappa shape index (κ2) is 20.3. The summed E-state index contributed by atoms with van der Waals surface area (Å²) in [6.45, 7) is 5.29. The van der Waals surface area contributed by atoms with Crippen LogP contribution in [0.5, 0.6) is 0 Å². The lowest BCUT2D eigenvalue weighted by molar-refractivity contribution is -0.147. The fourth-order valence-corrected chi connectivity index (χ4v) is 10.2. The molecule has 3 saturated heterocycles. The number of carbonyl (C=O) groups is 7. The van der Waals surface area contributed by atoms with Gasteiger partial charge in [-0.25, -0.2) is 13.4 Å². The number of likely N-dealkylation sites (tertiary alicyclic amines) is 2. The Morgan fingerprint density at radius 3 is 2.46 bits per heavy atom. The molecule has 354 valence electrons. The first-order valence-corrected chi connectivity index (χ1v) is 25.1. The van der Waals surface area contributed by atoms with Gasteiger partial charge in [0.15, 0.2) is 5.13 Å². The van der Waals surface area contributed by atoms with Crippen molar-refractivity contribution in [3.63, 3.8) is 0 Å². The van der Waals surface area contributed by atoms with E-state index < -0.39 is 57.6 Å². The summed E-state index contributed by atoms with van der Waals surface area (Å²) in [5.74, 6) is -3.17. The highest BCUT2D eigenvalue weighted by molar-refractivity contribution is 7.89. The molecule has 0 aliphatic carbocycles. The van der Waals surface area contributed by atoms with Crippen LogP contribution in [0.15, 0.2) is 72.4 Å². The van der Waals surface area contributed by atoms with Crippen LogP contribution in [-0.4, -0.2) is 144 Å². The molecule has 0 saturated carbocycles. The Morgan fingerprint density at radius 2 is 1.73 bits per heavy atom. The summed E-state index contributed by atoms with van der Waals surface area (Å²) in [7, 11) is -3.61. The number of rotatable bonds is 19. The quantitative estimate of drug-likeness (QED) is 0.0782. The summed E-state index contributed by atoms with van der Waals surface area (Å²) >= 11 is 1.25. The minimum atomic E-state index is -3.61. The predicted molar refractivity (Wildman–Crippen MR) is 248 cm³/mol. The number of anilines is 2. The number of benzene rings is 2. The van der Waals surface area contributed by atoms with Crippen molar-refractivity contribution in [2.45, 2.75) is 63.5 Å². The zero-order valence-electron chi connectivity index (χ0n) is 37.0. The predicted octanol–water partition coefficient (Wildman–Crippen LogP) is 3.17. The summed E-state index contributed by atoms with van der Waals surface area (Å²) < 4.78 is 30.7. The van der Waals surface area contributed by atoms with Gasteiger partial charge in [0.2, 0.25) is 33.7 Å². The maximum absolute atomic E-state index is 13.5. The van der Waals surface area contributed by atoms with Crippen LogP contribution in [0.25, 0.3) is 11.3 Å². The van der Waals surface area contributed by atoms with Crippen LogP contribution >= 0.6 is 11.3 Å². The van der Waals surface area contributed by atoms with Gasteiger partial charge < -0.3 is 30.5 Å². The number of thiazole rings is 1. The van der Waals surface area contributed by atoms with E-state index in [2.05, 4.69) is 31.2 Å². The molecule has 67 heavy (non-hydrogen) atoms. The minimum Gasteiger partial charge on any atom is -0.385 e. The molecular formula is C46H53N9O10S2. The second-order valence-corrected chi connectivity index (χ2v) is 20.2. The second-order valence-electron chi connectivity index (χ2n) is 17.5. The Morgan fingerprint density at radius 1 is 0.970 bits per heavy atom. The molecule has 21 heteroatoms. The summed E-state index contributed by atoms with van der Waals surface area (Å²) in [5, 5.41) is 13.2. The number of carbonyl (C=O) groups excluding carboxylic acids is 7. The molecule has 19 nitrogen and oxygen atoms in total. The van der Waals surface area contributed by atoms with Crippen LogP contribution in [0, 0.1) is 5.41 Å². The molecule has 1 spiro atoms. The molecule has 6 heterocycles. The number of piperidine rings is 2. The van der Waals surface area contributed by atoms with Gasteiger partial charge in [-0.3, -0.25) is 47.8 Å². The third kappa shape index (κ3) is 11.1. The number of amides is 7. The number of nitrogens with one attached hydrogen (secondary N) is 4. The van der Waals surface area contributed by atoms with Crippen LogP contribution in [0.4, 0.5) is 10.8 Å². The summed E-state index contributed by atoms with van der Waals surface area (Å²) in [4.78, 5) is 99.6. The van der Waals surface area contributed by atoms with Crippen LogP contribution in [0.1, 0.15) is 82.4 Å². The SMILES string of the molecule is CS(=O)(=O)n1ccc(C(=O)N[C@@H](CCOCCCC(=O)N2CC3(CCN(CCCNc4ccc5c(c4)C(=O)N(C4CCC(=O)NC4=O)C5=O)CC3)C2)C(=O)Nc2nc(-c3ccccc3)cs2)c1. The molecule has 4 aromatic rings. The normalized spacial score (nSPS) is 18.6. The molecular weight excluding hydrogens is 903 g/mol.